The van der Waals surface area contributed by atoms with Crippen molar-refractivity contribution in [2.45, 2.75) is 38.6 Å². The molecule has 1 saturated heterocycles. The molecule has 0 aromatic heterocycles. The van der Waals surface area contributed by atoms with Gasteiger partial charge in [-0.15, -0.1) is 0 Å². The van der Waals surface area contributed by atoms with E-state index in [4.69, 9.17) is 4.74 Å². The highest BCUT2D eigenvalue weighted by Gasteiger charge is 2.24. The third kappa shape index (κ3) is 4.09. The number of nitrogens with one attached hydrogen (secondary N) is 1. The van der Waals surface area contributed by atoms with Gasteiger partial charge in [0.15, 0.2) is 0 Å². The van der Waals surface area contributed by atoms with Crippen LogP contribution in [-0.4, -0.2) is 49.8 Å². The van der Waals surface area contributed by atoms with E-state index in [1.165, 1.54) is 18.5 Å². The number of urea groups is 1. The highest BCUT2D eigenvalue weighted by Crippen LogP contribution is 2.21. The molecule has 23 heavy (non-hydrogen) atoms. The maximum Gasteiger partial charge on any atom is 0.317 e. The Morgan fingerprint density at radius 2 is 1.78 bits per heavy atom. The summed E-state index contributed by atoms with van der Waals surface area (Å²) < 4.78 is 5.48. The number of carbonyl (C=O) groups is 1. The van der Waals surface area contributed by atoms with Crippen LogP contribution in [0.4, 0.5) is 10.5 Å². The van der Waals surface area contributed by atoms with Crippen LogP contribution in [0.15, 0.2) is 24.3 Å². The number of anilines is 1. The van der Waals surface area contributed by atoms with Gasteiger partial charge >= 0.3 is 6.03 Å². The zero-order valence-electron chi connectivity index (χ0n) is 14.0. The first-order valence-corrected chi connectivity index (χ1v) is 8.79. The van der Waals surface area contributed by atoms with Crippen molar-refractivity contribution >= 4 is 11.7 Å². The van der Waals surface area contributed by atoms with Gasteiger partial charge in [-0.3, -0.25) is 0 Å². The van der Waals surface area contributed by atoms with E-state index < -0.39 is 0 Å². The number of hydrogen-bond donors (Lipinski definition) is 1. The Hall–Kier alpha value is -1.91. The van der Waals surface area contributed by atoms with Gasteiger partial charge in [0.1, 0.15) is 5.75 Å². The third-order valence-corrected chi connectivity index (χ3v) is 4.76. The molecule has 1 aromatic carbocycles. The van der Waals surface area contributed by atoms with E-state index in [-0.39, 0.29) is 6.03 Å². The van der Waals surface area contributed by atoms with Crippen molar-refractivity contribution in [3.8, 4) is 5.75 Å². The van der Waals surface area contributed by atoms with E-state index in [0.717, 1.165) is 44.8 Å². The van der Waals surface area contributed by atoms with E-state index in [1.807, 2.05) is 24.0 Å². The minimum atomic E-state index is 0.114. The van der Waals surface area contributed by atoms with Gasteiger partial charge in [0, 0.05) is 37.9 Å². The highest BCUT2D eigenvalue weighted by molar-refractivity contribution is 5.75. The lowest BCUT2D eigenvalue weighted by Gasteiger charge is -2.36. The summed E-state index contributed by atoms with van der Waals surface area (Å²) in [7, 11) is 0. The van der Waals surface area contributed by atoms with E-state index in [2.05, 4.69) is 22.3 Å². The molecule has 0 unspecified atom stereocenters. The number of amides is 2. The van der Waals surface area contributed by atoms with E-state index in [0.29, 0.717) is 12.6 Å². The number of hydrogen-bond acceptors (Lipinski definition) is 3. The molecule has 2 fully saturated rings. The van der Waals surface area contributed by atoms with Gasteiger partial charge in [-0.1, -0.05) is 12.8 Å². The third-order valence-electron chi connectivity index (χ3n) is 4.76. The van der Waals surface area contributed by atoms with Gasteiger partial charge in [-0.05, 0) is 44.0 Å². The number of nitrogens with zero attached hydrogens (tertiary/aromatic N) is 2. The van der Waals surface area contributed by atoms with Crippen molar-refractivity contribution in [1.82, 2.24) is 10.2 Å². The molecule has 2 amide bonds. The van der Waals surface area contributed by atoms with Crippen molar-refractivity contribution < 1.29 is 9.53 Å². The zero-order valence-corrected chi connectivity index (χ0v) is 14.0. The number of rotatable bonds is 4. The average Bonchev–Trinajstić information content (AvgIpc) is 3.09. The summed E-state index contributed by atoms with van der Waals surface area (Å²) in [6, 6.07) is 8.73. The van der Waals surface area contributed by atoms with Crippen LogP contribution in [0.25, 0.3) is 0 Å². The summed E-state index contributed by atoms with van der Waals surface area (Å²) in [5.74, 6) is 0.908. The summed E-state index contributed by atoms with van der Waals surface area (Å²) >= 11 is 0. The van der Waals surface area contributed by atoms with Crippen LogP contribution in [-0.2, 0) is 0 Å². The maximum atomic E-state index is 12.3. The zero-order chi connectivity index (χ0) is 16.1. The molecule has 1 aromatic rings. The lowest BCUT2D eigenvalue weighted by molar-refractivity contribution is 0.190. The van der Waals surface area contributed by atoms with Crippen LogP contribution in [0.5, 0.6) is 5.75 Å². The molecule has 0 spiro atoms. The molecule has 3 rings (SSSR count). The molecular formula is C18H27N3O2. The molecule has 1 aliphatic carbocycles. The van der Waals surface area contributed by atoms with Gasteiger partial charge < -0.3 is 19.9 Å². The van der Waals surface area contributed by atoms with Crippen molar-refractivity contribution in [3.05, 3.63) is 24.3 Å². The van der Waals surface area contributed by atoms with Gasteiger partial charge in [0.05, 0.1) is 6.61 Å². The first-order valence-electron chi connectivity index (χ1n) is 8.79. The Morgan fingerprint density at radius 3 is 2.39 bits per heavy atom. The molecule has 1 N–H and O–H groups in total. The monoisotopic (exact) mass is 317 g/mol. The number of piperazine rings is 1. The molecule has 0 atom stereocenters. The second-order valence-electron chi connectivity index (χ2n) is 6.33. The Bertz CT molecular complexity index is 504. The minimum Gasteiger partial charge on any atom is -0.494 e. The summed E-state index contributed by atoms with van der Waals surface area (Å²) in [5.41, 5.74) is 1.20. The van der Waals surface area contributed by atoms with Crippen LogP contribution < -0.4 is 15.0 Å². The van der Waals surface area contributed by atoms with Crippen molar-refractivity contribution in [2.75, 3.05) is 37.7 Å². The van der Waals surface area contributed by atoms with Crippen LogP contribution in [0, 0.1) is 0 Å². The fourth-order valence-corrected chi connectivity index (χ4v) is 3.42. The summed E-state index contributed by atoms with van der Waals surface area (Å²) in [4.78, 5) is 16.6. The predicted octanol–water partition coefficient (Wildman–Crippen LogP) is 2.86. The van der Waals surface area contributed by atoms with E-state index >= 15 is 0 Å². The maximum absolute atomic E-state index is 12.3. The molecule has 1 heterocycles. The molecule has 0 bridgehead atoms. The summed E-state index contributed by atoms with van der Waals surface area (Å²) in [6.07, 6.45) is 4.77. The van der Waals surface area contributed by atoms with Crippen LogP contribution >= 0.6 is 0 Å². The first kappa shape index (κ1) is 16.0. The molecule has 1 saturated carbocycles. The fourth-order valence-electron chi connectivity index (χ4n) is 3.42. The number of carbonyl (C=O) groups excluding carboxylic acids is 1. The van der Waals surface area contributed by atoms with Crippen molar-refractivity contribution in [2.24, 2.45) is 0 Å². The molecular weight excluding hydrogens is 290 g/mol. The Kier molecular flexibility index (Phi) is 5.26. The normalized spacial score (nSPS) is 19.0. The van der Waals surface area contributed by atoms with E-state index in [1.54, 1.807) is 0 Å². The lowest BCUT2D eigenvalue weighted by atomic mass is 10.2. The highest BCUT2D eigenvalue weighted by atomic mass is 16.5. The minimum absolute atomic E-state index is 0.114. The van der Waals surface area contributed by atoms with Gasteiger partial charge in [0.2, 0.25) is 0 Å². The largest absolute Gasteiger partial charge is 0.494 e. The van der Waals surface area contributed by atoms with Gasteiger partial charge in [0.25, 0.3) is 0 Å². The topological polar surface area (TPSA) is 44.8 Å². The van der Waals surface area contributed by atoms with Crippen LogP contribution in [0.2, 0.25) is 0 Å². The van der Waals surface area contributed by atoms with Crippen molar-refractivity contribution in [1.29, 1.82) is 0 Å². The first-order chi connectivity index (χ1) is 11.3. The predicted molar refractivity (Wildman–Crippen MR) is 92.2 cm³/mol. The Labute approximate surface area is 138 Å². The fraction of sp³-hybridized carbons (Fsp3) is 0.611. The molecule has 126 valence electrons. The number of benzene rings is 1. The second kappa shape index (κ2) is 7.57. The lowest BCUT2D eigenvalue weighted by Crippen LogP contribution is -2.53. The standard InChI is InChI=1S/C18H27N3O2/c1-2-23-17-9-7-16(8-10-17)20-11-13-21(14-12-20)18(22)19-15-5-3-4-6-15/h7-10,15H,2-6,11-14H2,1H3,(H,19,22). The SMILES string of the molecule is CCOc1ccc(N2CCN(C(=O)NC3CCCC3)CC2)cc1. The quantitative estimate of drug-likeness (QED) is 0.929. The number of ether oxygens (including phenoxy) is 1. The van der Waals surface area contributed by atoms with Crippen LogP contribution in [0.3, 0.4) is 0 Å². The molecule has 5 nitrogen and oxygen atoms in total. The average molecular weight is 317 g/mol. The Morgan fingerprint density at radius 1 is 1.13 bits per heavy atom. The molecule has 1 aliphatic heterocycles. The second-order valence-corrected chi connectivity index (χ2v) is 6.33. The van der Waals surface area contributed by atoms with Gasteiger partial charge in [-0.2, -0.15) is 0 Å². The molecule has 5 heteroatoms. The Balaban J connectivity index is 1.48. The van der Waals surface area contributed by atoms with Gasteiger partial charge in [-0.25, -0.2) is 4.79 Å². The smallest absolute Gasteiger partial charge is 0.317 e. The molecule has 2 aliphatic rings. The summed E-state index contributed by atoms with van der Waals surface area (Å²) in [5, 5.41) is 3.18. The van der Waals surface area contributed by atoms with Crippen LogP contribution in [0.1, 0.15) is 32.6 Å². The van der Waals surface area contributed by atoms with E-state index in [9.17, 15) is 4.79 Å². The summed E-state index contributed by atoms with van der Waals surface area (Å²) in [6.45, 7) is 6.01. The molecule has 0 radical (unpaired) electrons. The van der Waals surface area contributed by atoms with Crippen molar-refractivity contribution in [3.63, 3.8) is 0 Å².